The van der Waals surface area contributed by atoms with Crippen LogP contribution < -0.4 is 5.82 Å². The molecule has 5 unspecified atom stereocenters. The second kappa shape index (κ2) is 9.34. The van der Waals surface area contributed by atoms with Gasteiger partial charge in [-0.3, -0.25) is 4.79 Å². The molecule has 1 heterocycles. The molecule has 4 saturated carbocycles. The minimum absolute atomic E-state index is 0.0256. The molecule has 0 saturated heterocycles. The maximum Gasteiger partial charge on any atom is 0.519 e. The Morgan fingerprint density at radius 3 is 2.39 bits per heavy atom. The van der Waals surface area contributed by atoms with Gasteiger partial charge in [0.2, 0.25) is 0 Å². The quantitative estimate of drug-likeness (QED) is 0.298. The summed E-state index contributed by atoms with van der Waals surface area (Å²) in [7, 11) is 0. The molecule has 5 aliphatic rings. The van der Waals surface area contributed by atoms with Gasteiger partial charge in [0.05, 0.1) is 11.5 Å². The second-order valence-electron chi connectivity index (χ2n) is 16.2. The fourth-order valence-corrected chi connectivity index (χ4v) is 11.6. The summed E-state index contributed by atoms with van der Waals surface area (Å²) >= 11 is 0. The van der Waals surface area contributed by atoms with Crippen molar-refractivity contribution in [3.63, 3.8) is 0 Å². The summed E-state index contributed by atoms with van der Waals surface area (Å²) in [6.45, 7) is 18.6. The molecule has 10 atom stereocenters. The van der Waals surface area contributed by atoms with Crippen molar-refractivity contribution in [3.05, 3.63) is 33.8 Å². The highest BCUT2D eigenvalue weighted by atomic mass is 16.6. The summed E-state index contributed by atoms with van der Waals surface area (Å²) in [5.41, 5.74) is 1.28. The molecule has 0 aliphatic heterocycles. The number of rotatable bonds is 3. The van der Waals surface area contributed by atoms with Gasteiger partial charge in [-0.25, -0.2) is 4.79 Å². The minimum Gasteiger partial charge on any atom is -0.457 e. The van der Waals surface area contributed by atoms with Crippen molar-refractivity contribution < 1.29 is 23.5 Å². The van der Waals surface area contributed by atoms with Crippen LogP contribution in [-0.2, 0) is 16.1 Å². The Bertz CT molecular complexity index is 1300. The molecular formula is C35H52O6. The Morgan fingerprint density at radius 1 is 0.976 bits per heavy atom. The smallest absolute Gasteiger partial charge is 0.457 e. The molecule has 1 aromatic heterocycles. The Kier molecular flexibility index (Phi) is 6.66. The molecule has 1 aromatic rings. The molecule has 4 fully saturated rings. The predicted octanol–water partition coefficient (Wildman–Crippen LogP) is 7.60. The van der Waals surface area contributed by atoms with Gasteiger partial charge < -0.3 is 18.7 Å². The van der Waals surface area contributed by atoms with E-state index in [1.807, 2.05) is 0 Å². The summed E-state index contributed by atoms with van der Waals surface area (Å²) < 4.78 is 16.1. The third-order valence-electron chi connectivity index (χ3n) is 14.5. The number of aliphatic hydroxyl groups excluding tert-OH is 1. The lowest BCUT2D eigenvalue weighted by Gasteiger charge is -2.71. The first-order valence-electron chi connectivity index (χ1n) is 16.3. The van der Waals surface area contributed by atoms with Crippen LogP contribution in [0.2, 0.25) is 0 Å². The molecule has 228 valence electrons. The van der Waals surface area contributed by atoms with Crippen LogP contribution in [-0.4, -0.2) is 17.2 Å². The lowest BCUT2D eigenvalue weighted by Crippen LogP contribution is -2.65. The minimum atomic E-state index is -0.757. The van der Waals surface area contributed by atoms with Crippen LogP contribution in [0.5, 0.6) is 0 Å². The SMILES string of the molecule is Cc1oc(=O)oc1COC(=O)C12CC[C@@H](C)[C@H](C)[C@H]1C1=CCC3C4(C)CCC(O)C(C)(C)[C@@H]4CCC3(C)[C@]1(C)CC2. The molecular weight excluding hydrogens is 516 g/mol. The van der Waals surface area contributed by atoms with Gasteiger partial charge in [0.15, 0.2) is 18.1 Å². The van der Waals surface area contributed by atoms with E-state index >= 15 is 0 Å². The van der Waals surface area contributed by atoms with Crippen LogP contribution in [0.15, 0.2) is 25.3 Å². The molecule has 6 rings (SSSR count). The van der Waals surface area contributed by atoms with Crippen LogP contribution in [0, 0.1) is 63.6 Å². The molecule has 0 radical (unpaired) electrons. The van der Waals surface area contributed by atoms with Gasteiger partial charge in [0.1, 0.15) is 0 Å². The molecule has 1 N–H and O–H groups in total. The summed E-state index contributed by atoms with van der Waals surface area (Å²) in [6.07, 6.45) is 11.4. The Hall–Kier alpha value is -1.82. The third kappa shape index (κ3) is 3.83. The van der Waals surface area contributed by atoms with Crippen molar-refractivity contribution in [1.82, 2.24) is 0 Å². The average molecular weight is 569 g/mol. The van der Waals surface area contributed by atoms with Gasteiger partial charge in [-0.15, -0.1) is 0 Å². The number of ether oxygens (including phenoxy) is 1. The van der Waals surface area contributed by atoms with E-state index in [-0.39, 0.29) is 46.3 Å². The average Bonchev–Trinajstić information content (AvgIpc) is 3.24. The van der Waals surface area contributed by atoms with Crippen LogP contribution >= 0.6 is 0 Å². The van der Waals surface area contributed by atoms with Gasteiger partial charge in [-0.1, -0.05) is 60.1 Å². The Labute approximate surface area is 245 Å². The maximum atomic E-state index is 14.2. The molecule has 5 aliphatic carbocycles. The van der Waals surface area contributed by atoms with Gasteiger partial charge in [0.25, 0.3) is 0 Å². The lowest BCUT2D eigenvalue weighted by atomic mass is 9.33. The molecule has 6 heteroatoms. The van der Waals surface area contributed by atoms with Gasteiger partial charge >= 0.3 is 11.8 Å². The highest BCUT2D eigenvalue weighted by molar-refractivity contribution is 5.79. The van der Waals surface area contributed by atoms with E-state index in [1.54, 1.807) is 6.92 Å². The number of carbonyl (C=O) groups excluding carboxylic acids is 1. The van der Waals surface area contributed by atoms with Crippen molar-refractivity contribution in [2.24, 2.45) is 56.7 Å². The zero-order valence-electron chi connectivity index (χ0n) is 26.6. The molecule has 6 nitrogen and oxygen atoms in total. The largest absolute Gasteiger partial charge is 0.519 e. The van der Waals surface area contributed by atoms with Crippen LogP contribution in [0.3, 0.4) is 0 Å². The van der Waals surface area contributed by atoms with E-state index in [9.17, 15) is 14.7 Å². The van der Waals surface area contributed by atoms with E-state index in [0.29, 0.717) is 35.2 Å². The first-order valence-corrected chi connectivity index (χ1v) is 16.3. The number of carbonyl (C=O) groups is 1. The molecule has 0 aromatic carbocycles. The first kappa shape index (κ1) is 29.3. The fourth-order valence-electron chi connectivity index (χ4n) is 11.6. The summed E-state index contributed by atoms with van der Waals surface area (Å²) in [5.74, 6) is 1.94. The zero-order valence-corrected chi connectivity index (χ0v) is 26.6. The van der Waals surface area contributed by atoms with Crippen molar-refractivity contribution >= 4 is 5.97 Å². The van der Waals surface area contributed by atoms with E-state index in [0.717, 1.165) is 51.4 Å². The lowest BCUT2D eigenvalue weighted by molar-refractivity contribution is -0.207. The predicted molar refractivity (Wildman–Crippen MR) is 157 cm³/mol. The zero-order chi connectivity index (χ0) is 29.8. The van der Waals surface area contributed by atoms with Gasteiger partial charge in [-0.2, -0.15) is 0 Å². The first-order chi connectivity index (χ1) is 19.1. The number of fused-ring (bicyclic) bond motifs is 7. The summed E-state index contributed by atoms with van der Waals surface area (Å²) in [6, 6.07) is 0. The number of esters is 1. The van der Waals surface area contributed by atoms with Gasteiger partial charge in [-0.05, 0) is 116 Å². The number of aryl methyl sites for hydroxylation is 1. The van der Waals surface area contributed by atoms with Crippen LogP contribution in [0.1, 0.15) is 118 Å². The van der Waals surface area contributed by atoms with Crippen molar-refractivity contribution in [2.75, 3.05) is 0 Å². The highest BCUT2D eigenvalue weighted by Gasteiger charge is 2.69. The fraction of sp³-hybridized carbons (Fsp3) is 0.829. The number of hydrogen-bond acceptors (Lipinski definition) is 6. The van der Waals surface area contributed by atoms with E-state index < -0.39 is 11.2 Å². The highest BCUT2D eigenvalue weighted by Crippen LogP contribution is 2.75. The van der Waals surface area contributed by atoms with Gasteiger partial charge in [0, 0.05) is 0 Å². The summed E-state index contributed by atoms with van der Waals surface area (Å²) in [5, 5.41) is 11.0. The normalized spacial score (nSPS) is 46.8. The topological polar surface area (TPSA) is 89.9 Å². The molecule has 0 spiro atoms. The molecule has 41 heavy (non-hydrogen) atoms. The monoisotopic (exact) mass is 568 g/mol. The Balaban J connectivity index is 1.37. The number of hydrogen-bond donors (Lipinski definition) is 1. The van der Waals surface area contributed by atoms with Crippen molar-refractivity contribution in [3.8, 4) is 0 Å². The second-order valence-corrected chi connectivity index (χ2v) is 16.2. The number of allylic oxidation sites excluding steroid dienone is 2. The molecule has 0 amide bonds. The van der Waals surface area contributed by atoms with Crippen LogP contribution in [0.25, 0.3) is 0 Å². The van der Waals surface area contributed by atoms with Crippen LogP contribution in [0.4, 0.5) is 0 Å². The van der Waals surface area contributed by atoms with E-state index in [2.05, 4.69) is 54.5 Å². The summed E-state index contributed by atoms with van der Waals surface area (Å²) in [4.78, 5) is 25.7. The maximum absolute atomic E-state index is 14.2. The van der Waals surface area contributed by atoms with E-state index in [4.69, 9.17) is 13.6 Å². The van der Waals surface area contributed by atoms with Crippen molar-refractivity contribution in [2.45, 2.75) is 126 Å². The Morgan fingerprint density at radius 2 is 1.71 bits per heavy atom. The van der Waals surface area contributed by atoms with E-state index in [1.165, 1.54) is 12.0 Å². The number of aliphatic hydroxyl groups is 1. The third-order valence-corrected chi connectivity index (χ3v) is 14.5. The molecule has 0 bridgehead atoms. The standard InChI is InChI=1S/C35H52O6/c1-20-11-16-35(29(37)39-19-24-22(3)40-30(38)41-24)18-17-33(7)23(28(35)21(20)2)9-10-26-32(6)14-13-27(36)31(4,5)25(32)12-15-34(26,33)8/h9,20-21,25-28,36H,10-19H2,1-8H3/t20-,21+,25+,26?,27?,28+,32?,33-,34?,35?/m1/s1. The van der Waals surface area contributed by atoms with Crippen molar-refractivity contribution in [1.29, 1.82) is 0 Å².